The van der Waals surface area contributed by atoms with Crippen LogP contribution >= 0.6 is 0 Å². The lowest BCUT2D eigenvalue weighted by Crippen LogP contribution is -2.47. The van der Waals surface area contributed by atoms with Crippen LogP contribution < -0.4 is 0 Å². The van der Waals surface area contributed by atoms with Crippen LogP contribution in [0.15, 0.2) is 23.3 Å². The summed E-state index contributed by atoms with van der Waals surface area (Å²) in [4.78, 5) is 28.3. The lowest BCUT2D eigenvalue weighted by Gasteiger charge is -2.37. The van der Waals surface area contributed by atoms with Crippen LogP contribution in [0.1, 0.15) is 119 Å². The fourth-order valence-electron chi connectivity index (χ4n) is 9.57. The Morgan fingerprint density at radius 3 is 2.09 bits per heavy atom. The zero-order chi connectivity index (χ0) is 40.1. The maximum absolute atomic E-state index is 13.3. The Morgan fingerprint density at radius 2 is 1.48 bits per heavy atom. The fraction of sp³-hybridized carbons (Fsp3) is 0.860. The lowest BCUT2D eigenvalue weighted by atomic mass is 9.67. The molecule has 6 aliphatic rings. The summed E-state index contributed by atoms with van der Waals surface area (Å²) in [6.07, 6.45) is 14.7. The molecule has 4 fully saturated rings. The van der Waals surface area contributed by atoms with Gasteiger partial charge >= 0.3 is 5.97 Å². The first-order valence-corrected chi connectivity index (χ1v) is 20.8. The van der Waals surface area contributed by atoms with E-state index in [0.717, 1.165) is 50.5 Å². The number of hydrogen-bond acceptors (Lipinski definition) is 11. The SMILES string of the molecule is CC1OC(O)CC[C@@H]1N(C)C.CCC1CCCCC(C)C(=O)C2=C[C@H]3C4CCC[C@H]4C(C)=C[C@H]3C2CC(=O)O1.CCO.COC1C[C@@H](OC)C(O)O[C@H]1C. The van der Waals surface area contributed by atoms with Gasteiger partial charge in [0.2, 0.25) is 0 Å². The van der Waals surface area contributed by atoms with E-state index in [0.29, 0.717) is 48.3 Å². The molecule has 54 heavy (non-hydrogen) atoms. The summed E-state index contributed by atoms with van der Waals surface area (Å²) in [6.45, 7) is 12.3. The van der Waals surface area contributed by atoms with Crippen LogP contribution in [0.3, 0.4) is 0 Å². The van der Waals surface area contributed by atoms with Crippen LogP contribution in [-0.4, -0.2) is 116 Å². The van der Waals surface area contributed by atoms with E-state index >= 15 is 0 Å². The zero-order valence-corrected chi connectivity index (χ0v) is 35.1. The van der Waals surface area contributed by atoms with Crippen LogP contribution in [0.5, 0.6) is 0 Å². The van der Waals surface area contributed by atoms with Gasteiger partial charge in [0.05, 0.1) is 24.7 Å². The molecular weight excluding hydrogens is 690 g/mol. The quantitative estimate of drug-likeness (QED) is 0.222. The van der Waals surface area contributed by atoms with E-state index in [-0.39, 0.29) is 54.9 Å². The van der Waals surface area contributed by atoms with Crippen molar-refractivity contribution in [1.82, 2.24) is 4.90 Å². The molecule has 0 aromatic carbocycles. The summed E-state index contributed by atoms with van der Waals surface area (Å²) < 4.78 is 26.5. The van der Waals surface area contributed by atoms with Crippen LogP contribution in [0.4, 0.5) is 0 Å². The molecule has 11 heteroatoms. The van der Waals surface area contributed by atoms with Crippen molar-refractivity contribution in [1.29, 1.82) is 0 Å². The van der Waals surface area contributed by atoms with Crippen molar-refractivity contribution in [2.75, 3.05) is 34.9 Å². The predicted octanol–water partition coefficient (Wildman–Crippen LogP) is 6.22. The van der Waals surface area contributed by atoms with Gasteiger partial charge < -0.3 is 43.9 Å². The number of Topliss-reactive ketones (excluding diaryl/α,β-unsaturated/α-hetero) is 1. The van der Waals surface area contributed by atoms with Gasteiger partial charge in [0.15, 0.2) is 18.4 Å². The summed E-state index contributed by atoms with van der Waals surface area (Å²) in [5.41, 5.74) is 2.44. The number of esters is 1. The molecule has 3 aliphatic carbocycles. The van der Waals surface area contributed by atoms with Gasteiger partial charge in [-0.2, -0.15) is 0 Å². The van der Waals surface area contributed by atoms with Gasteiger partial charge in [-0.15, -0.1) is 0 Å². The normalized spacial score (nSPS) is 39.5. The smallest absolute Gasteiger partial charge is 0.306 e. The zero-order valence-electron chi connectivity index (χ0n) is 35.1. The van der Waals surface area contributed by atoms with E-state index in [1.165, 1.54) is 24.8 Å². The molecule has 0 amide bonds. The molecule has 3 N–H and O–H groups in total. The third kappa shape index (κ3) is 12.7. The number of likely N-dealkylation sites (N-methyl/N-ethyl adjacent to an activating group) is 1. The molecule has 0 aromatic rings. The van der Waals surface area contributed by atoms with Crippen molar-refractivity contribution < 1.29 is 48.6 Å². The minimum atomic E-state index is -0.823. The number of nitrogens with zero attached hydrogens (tertiary/aromatic N) is 1. The second-order valence-electron chi connectivity index (χ2n) is 16.5. The minimum absolute atomic E-state index is 0.0124. The topological polar surface area (TPSA) is 144 Å². The van der Waals surface area contributed by atoms with Gasteiger partial charge in [0.1, 0.15) is 12.2 Å². The summed E-state index contributed by atoms with van der Waals surface area (Å²) >= 11 is 0. The summed E-state index contributed by atoms with van der Waals surface area (Å²) in [5, 5.41) is 26.1. The molecule has 1 saturated carbocycles. The molecule has 3 aliphatic heterocycles. The highest BCUT2D eigenvalue weighted by molar-refractivity contribution is 5.98. The first-order chi connectivity index (χ1) is 25.7. The minimum Gasteiger partial charge on any atom is -0.462 e. The number of aliphatic hydroxyl groups is 3. The highest BCUT2D eigenvalue weighted by Gasteiger charge is 2.49. The highest BCUT2D eigenvalue weighted by Crippen LogP contribution is 2.55. The van der Waals surface area contributed by atoms with Crippen molar-refractivity contribution in [3.63, 3.8) is 0 Å². The third-order valence-electron chi connectivity index (χ3n) is 12.6. The Kier molecular flexibility index (Phi) is 19.8. The van der Waals surface area contributed by atoms with Crippen molar-refractivity contribution in [2.24, 2.45) is 35.5 Å². The molecule has 0 radical (unpaired) electrons. The molecule has 3 heterocycles. The molecule has 6 rings (SSSR count). The monoisotopic (exact) mass is 766 g/mol. The van der Waals surface area contributed by atoms with E-state index in [4.69, 9.17) is 33.9 Å². The predicted molar refractivity (Wildman–Crippen MR) is 209 cm³/mol. The van der Waals surface area contributed by atoms with Gasteiger partial charge in [0.25, 0.3) is 0 Å². The number of carbonyl (C=O) groups is 2. The van der Waals surface area contributed by atoms with Crippen molar-refractivity contribution >= 4 is 11.8 Å². The van der Waals surface area contributed by atoms with Crippen LogP contribution in [0.25, 0.3) is 0 Å². The number of ether oxygens (including phenoxy) is 5. The number of cyclic esters (lactones) is 1. The second kappa shape index (κ2) is 22.9. The van der Waals surface area contributed by atoms with Crippen molar-refractivity contribution in [3.05, 3.63) is 23.3 Å². The number of carbonyl (C=O) groups excluding carboxylic acids is 2. The number of allylic oxidation sites excluding steroid dienone is 4. The molecule has 8 unspecified atom stereocenters. The van der Waals surface area contributed by atoms with Gasteiger partial charge in [-0.1, -0.05) is 44.4 Å². The second-order valence-corrected chi connectivity index (χ2v) is 16.5. The van der Waals surface area contributed by atoms with Gasteiger partial charge in [-0.3, -0.25) is 9.59 Å². The first-order valence-electron chi connectivity index (χ1n) is 20.8. The van der Waals surface area contributed by atoms with Gasteiger partial charge in [-0.25, -0.2) is 0 Å². The van der Waals surface area contributed by atoms with Crippen LogP contribution in [-0.2, 0) is 33.3 Å². The average molecular weight is 766 g/mol. The summed E-state index contributed by atoms with van der Waals surface area (Å²) in [7, 11) is 7.28. The summed E-state index contributed by atoms with van der Waals surface area (Å²) in [5.74, 6) is 2.35. The van der Waals surface area contributed by atoms with Gasteiger partial charge in [-0.05, 0) is 122 Å². The fourth-order valence-corrected chi connectivity index (χ4v) is 9.57. The molecule has 11 nitrogen and oxygen atoms in total. The number of fused-ring (bicyclic) bond motifs is 5. The third-order valence-corrected chi connectivity index (χ3v) is 12.6. The molecule has 0 bridgehead atoms. The van der Waals surface area contributed by atoms with Crippen LogP contribution in [0, 0.1) is 35.5 Å². The Morgan fingerprint density at radius 1 is 0.815 bits per heavy atom. The Hall–Kier alpha value is -1.70. The van der Waals surface area contributed by atoms with E-state index in [2.05, 4.69) is 37.8 Å². The maximum atomic E-state index is 13.3. The standard InChI is InChI=1S/C25H36O3.C8H17NO2.C8H16O4.C2H6O/c1-4-17-9-6-5-8-15(2)25(27)23-13-21-19-11-7-10-18(19)16(3)12-20(21)22(23)14-24(26)28-17;1-6-7(9(2)3)4-5-8(10)11-6;1-5-6(10-2)4-7(11-3)8(9)12-5;1-2-3/h12-13,15,17-22H,4-11,14H2,1-3H3;6-8,10H,4-5H2,1-3H3;5-9H,4H2,1-3H3;3H,2H2,1H3/t15?,17?,18-,19?,20+,21-,22?;6?,7-,8?;5-,6?,7+,8?;/m000./s1. The van der Waals surface area contributed by atoms with Crippen molar-refractivity contribution in [3.8, 4) is 0 Å². The van der Waals surface area contributed by atoms with Crippen molar-refractivity contribution in [2.45, 2.75) is 168 Å². The largest absolute Gasteiger partial charge is 0.462 e. The number of ketones is 1. The van der Waals surface area contributed by atoms with E-state index in [1.54, 1.807) is 21.1 Å². The molecule has 3 saturated heterocycles. The maximum Gasteiger partial charge on any atom is 0.306 e. The number of methoxy groups -OCH3 is 2. The number of aliphatic hydroxyl groups excluding tert-OH is 3. The molecule has 14 atom stereocenters. The molecular formula is C43H75NO10. The van der Waals surface area contributed by atoms with E-state index < -0.39 is 12.6 Å². The molecule has 312 valence electrons. The van der Waals surface area contributed by atoms with E-state index in [9.17, 15) is 14.7 Å². The average Bonchev–Trinajstić information content (AvgIpc) is 3.76. The Balaban J connectivity index is 0.000000248. The molecule has 0 spiro atoms. The lowest BCUT2D eigenvalue weighted by molar-refractivity contribution is -0.250. The highest BCUT2D eigenvalue weighted by atomic mass is 16.7. The Labute approximate surface area is 326 Å². The summed E-state index contributed by atoms with van der Waals surface area (Å²) in [6, 6.07) is 0.457. The number of rotatable bonds is 4. The Bertz CT molecular complexity index is 1190. The van der Waals surface area contributed by atoms with E-state index in [1.807, 2.05) is 27.9 Å². The number of hydrogen-bond donors (Lipinski definition) is 3. The van der Waals surface area contributed by atoms with Crippen LogP contribution in [0.2, 0.25) is 0 Å². The van der Waals surface area contributed by atoms with Gasteiger partial charge in [0, 0.05) is 45.1 Å². The first kappa shape index (κ1) is 46.7. The molecule has 0 aromatic heterocycles.